The van der Waals surface area contributed by atoms with E-state index in [1.807, 2.05) is 0 Å². The van der Waals surface area contributed by atoms with E-state index in [-0.39, 0.29) is 0 Å². The van der Waals surface area contributed by atoms with Crippen LogP contribution in [0.4, 0.5) is 0 Å². The van der Waals surface area contributed by atoms with Gasteiger partial charge in [-0.1, -0.05) is 18.2 Å². The van der Waals surface area contributed by atoms with Crippen molar-refractivity contribution in [1.29, 1.82) is 0 Å². The van der Waals surface area contributed by atoms with Gasteiger partial charge in [-0.3, -0.25) is 4.99 Å². The molecule has 0 unspecified atom stereocenters. The molecule has 68 valence electrons. The number of aryl methyl sites for hydroxylation is 1. The summed E-state index contributed by atoms with van der Waals surface area (Å²) in [5.74, 6) is 0. The van der Waals surface area contributed by atoms with Crippen LogP contribution in [0.5, 0.6) is 0 Å². The largest absolute Gasteiger partial charge is 0.289 e. The van der Waals surface area contributed by atoms with E-state index >= 15 is 0 Å². The zero-order valence-corrected chi connectivity index (χ0v) is 8.30. The van der Waals surface area contributed by atoms with Crippen molar-refractivity contribution in [3.63, 3.8) is 0 Å². The summed E-state index contributed by atoms with van der Waals surface area (Å²) in [6.07, 6.45) is 2.38. The summed E-state index contributed by atoms with van der Waals surface area (Å²) in [7, 11) is 0. The molecule has 1 heterocycles. The molecule has 0 N–H and O–H groups in total. The minimum Gasteiger partial charge on any atom is -0.289 e. The Morgan fingerprint density at radius 3 is 2.77 bits per heavy atom. The SMILES string of the molecule is Cc1cccc(C2=NCCC2)c1C. The van der Waals surface area contributed by atoms with Crippen LogP contribution >= 0.6 is 0 Å². The molecule has 0 amide bonds. The van der Waals surface area contributed by atoms with Crippen LogP contribution < -0.4 is 0 Å². The van der Waals surface area contributed by atoms with Gasteiger partial charge in [-0.05, 0) is 43.4 Å². The molecule has 1 aliphatic rings. The second kappa shape index (κ2) is 3.33. The van der Waals surface area contributed by atoms with Gasteiger partial charge in [0.2, 0.25) is 0 Å². The van der Waals surface area contributed by atoms with E-state index < -0.39 is 0 Å². The van der Waals surface area contributed by atoms with E-state index in [9.17, 15) is 0 Å². The summed E-state index contributed by atoms with van der Waals surface area (Å²) >= 11 is 0. The zero-order chi connectivity index (χ0) is 9.26. The molecule has 0 fully saturated rings. The fourth-order valence-corrected chi connectivity index (χ4v) is 1.82. The summed E-state index contributed by atoms with van der Waals surface area (Å²) in [4.78, 5) is 4.52. The van der Waals surface area contributed by atoms with Gasteiger partial charge < -0.3 is 0 Å². The van der Waals surface area contributed by atoms with Gasteiger partial charge in [0.1, 0.15) is 0 Å². The lowest BCUT2D eigenvalue weighted by Gasteiger charge is -2.07. The number of aliphatic imine (C=N–C) groups is 1. The van der Waals surface area contributed by atoms with E-state index in [1.54, 1.807) is 0 Å². The molecule has 0 aromatic heterocycles. The zero-order valence-electron chi connectivity index (χ0n) is 8.30. The monoisotopic (exact) mass is 173 g/mol. The summed E-state index contributed by atoms with van der Waals surface area (Å²) in [5.41, 5.74) is 5.42. The summed E-state index contributed by atoms with van der Waals surface area (Å²) < 4.78 is 0. The van der Waals surface area contributed by atoms with Crippen LogP contribution in [0.2, 0.25) is 0 Å². The molecule has 0 radical (unpaired) electrons. The molecule has 0 saturated carbocycles. The third-order valence-electron chi connectivity index (χ3n) is 2.79. The van der Waals surface area contributed by atoms with Gasteiger partial charge in [0.25, 0.3) is 0 Å². The average Bonchev–Trinajstić information content (AvgIpc) is 2.62. The first kappa shape index (κ1) is 8.49. The Morgan fingerprint density at radius 1 is 1.23 bits per heavy atom. The smallest absolute Gasteiger partial charge is 0.0423 e. The molecule has 1 nitrogen and oxygen atoms in total. The molecule has 1 aliphatic heterocycles. The minimum atomic E-state index is 1.02. The predicted octanol–water partition coefficient (Wildman–Crippen LogP) is 2.89. The maximum absolute atomic E-state index is 4.52. The second-order valence-electron chi connectivity index (χ2n) is 3.68. The van der Waals surface area contributed by atoms with Crippen molar-refractivity contribution in [1.82, 2.24) is 0 Å². The van der Waals surface area contributed by atoms with Gasteiger partial charge in [0.15, 0.2) is 0 Å². The van der Waals surface area contributed by atoms with E-state index in [0.717, 1.165) is 13.0 Å². The second-order valence-corrected chi connectivity index (χ2v) is 3.68. The van der Waals surface area contributed by atoms with Crippen molar-refractivity contribution in [2.75, 3.05) is 6.54 Å². The van der Waals surface area contributed by atoms with Crippen molar-refractivity contribution in [2.45, 2.75) is 26.7 Å². The summed E-state index contributed by atoms with van der Waals surface area (Å²) in [6.45, 7) is 5.36. The normalized spacial score (nSPS) is 16.0. The molecule has 2 rings (SSSR count). The average molecular weight is 173 g/mol. The molecule has 0 aliphatic carbocycles. The molecule has 0 saturated heterocycles. The van der Waals surface area contributed by atoms with Crippen molar-refractivity contribution >= 4 is 5.71 Å². The Hall–Kier alpha value is -1.11. The van der Waals surface area contributed by atoms with Gasteiger partial charge in [-0.2, -0.15) is 0 Å². The Morgan fingerprint density at radius 2 is 2.08 bits per heavy atom. The highest BCUT2D eigenvalue weighted by molar-refractivity contribution is 6.02. The highest BCUT2D eigenvalue weighted by Gasteiger charge is 2.11. The quantitative estimate of drug-likeness (QED) is 0.619. The Labute approximate surface area is 79.5 Å². The molecule has 1 aromatic carbocycles. The third kappa shape index (κ3) is 1.51. The molecular formula is C12H15N. The van der Waals surface area contributed by atoms with Crippen LogP contribution in [-0.2, 0) is 0 Å². The molecular weight excluding hydrogens is 158 g/mol. The van der Waals surface area contributed by atoms with E-state index in [1.165, 1.54) is 28.8 Å². The van der Waals surface area contributed by atoms with Gasteiger partial charge in [0.05, 0.1) is 0 Å². The van der Waals surface area contributed by atoms with Crippen molar-refractivity contribution < 1.29 is 0 Å². The number of hydrogen-bond donors (Lipinski definition) is 0. The molecule has 13 heavy (non-hydrogen) atoms. The maximum Gasteiger partial charge on any atom is 0.0423 e. The first-order chi connectivity index (χ1) is 6.29. The molecule has 0 bridgehead atoms. The maximum atomic E-state index is 4.52. The van der Waals surface area contributed by atoms with Crippen LogP contribution in [0.3, 0.4) is 0 Å². The van der Waals surface area contributed by atoms with Gasteiger partial charge >= 0.3 is 0 Å². The Kier molecular flexibility index (Phi) is 2.17. The molecule has 0 spiro atoms. The Balaban J connectivity index is 2.45. The summed E-state index contributed by atoms with van der Waals surface area (Å²) in [5, 5.41) is 0. The van der Waals surface area contributed by atoms with Crippen molar-refractivity contribution in [3.8, 4) is 0 Å². The van der Waals surface area contributed by atoms with Crippen LogP contribution in [0.25, 0.3) is 0 Å². The minimum absolute atomic E-state index is 1.02. The number of benzene rings is 1. The summed E-state index contributed by atoms with van der Waals surface area (Å²) in [6, 6.07) is 6.47. The lowest BCUT2D eigenvalue weighted by molar-refractivity contribution is 0.951. The fraction of sp³-hybridized carbons (Fsp3) is 0.417. The third-order valence-corrected chi connectivity index (χ3v) is 2.79. The first-order valence-corrected chi connectivity index (χ1v) is 4.89. The van der Waals surface area contributed by atoms with Crippen LogP contribution in [0.1, 0.15) is 29.5 Å². The van der Waals surface area contributed by atoms with E-state index in [4.69, 9.17) is 0 Å². The molecule has 1 aromatic rings. The number of hydrogen-bond acceptors (Lipinski definition) is 1. The van der Waals surface area contributed by atoms with Crippen LogP contribution in [0.15, 0.2) is 23.2 Å². The van der Waals surface area contributed by atoms with Crippen LogP contribution in [-0.4, -0.2) is 12.3 Å². The standard InChI is InChI=1S/C12H15N/c1-9-5-3-6-11(10(9)2)12-7-4-8-13-12/h3,5-6H,4,7-8H2,1-2H3. The highest BCUT2D eigenvalue weighted by atomic mass is 14.8. The fourth-order valence-electron chi connectivity index (χ4n) is 1.82. The topological polar surface area (TPSA) is 12.4 Å². The lowest BCUT2D eigenvalue weighted by Crippen LogP contribution is -2.00. The van der Waals surface area contributed by atoms with E-state index in [0.29, 0.717) is 0 Å². The first-order valence-electron chi connectivity index (χ1n) is 4.89. The highest BCUT2D eigenvalue weighted by Crippen LogP contribution is 2.18. The molecule has 0 atom stereocenters. The van der Waals surface area contributed by atoms with E-state index in [2.05, 4.69) is 37.0 Å². The van der Waals surface area contributed by atoms with Gasteiger partial charge in [-0.15, -0.1) is 0 Å². The van der Waals surface area contributed by atoms with Crippen LogP contribution in [0, 0.1) is 13.8 Å². The number of nitrogens with zero attached hydrogens (tertiary/aromatic N) is 1. The van der Waals surface area contributed by atoms with Crippen molar-refractivity contribution in [2.24, 2.45) is 4.99 Å². The Bertz CT molecular complexity index is 350. The molecule has 1 heteroatoms. The predicted molar refractivity (Wildman–Crippen MR) is 56.6 cm³/mol. The van der Waals surface area contributed by atoms with Crippen molar-refractivity contribution in [3.05, 3.63) is 34.9 Å². The lowest BCUT2D eigenvalue weighted by atomic mass is 9.98. The van der Waals surface area contributed by atoms with Gasteiger partial charge in [0, 0.05) is 12.3 Å². The van der Waals surface area contributed by atoms with Gasteiger partial charge in [-0.25, -0.2) is 0 Å². The number of rotatable bonds is 1.